The first-order chi connectivity index (χ1) is 10.0. The molecule has 0 radical (unpaired) electrons. The van der Waals surface area contributed by atoms with Crippen molar-refractivity contribution in [3.63, 3.8) is 0 Å². The standard InChI is InChI=1S/C16H22N2O3.ClH/c1-2-21-14(19)12-7-6-8-13(11-12)18-15(20)16(17)9-4-3-5-10-16;/h6-8,11H,2-5,9-10,17H2,1H3,(H,18,20);1H. The predicted molar refractivity (Wildman–Crippen MR) is 88.3 cm³/mol. The lowest BCUT2D eigenvalue weighted by molar-refractivity contribution is -0.122. The normalized spacial score (nSPS) is 16.3. The zero-order valence-electron chi connectivity index (χ0n) is 12.8. The van der Waals surface area contributed by atoms with Gasteiger partial charge in [-0.2, -0.15) is 0 Å². The van der Waals surface area contributed by atoms with Crippen LogP contribution in [0.1, 0.15) is 49.4 Å². The Hall–Kier alpha value is -1.59. The van der Waals surface area contributed by atoms with Gasteiger partial charge < -0.3 is 15.8 Å². The summed E-state index contributed by atoms with van der Waals surface area (Å²) >= 11 is 0. The van der Waals surface area contributed by atoms with E-state index >= 15 is 0 Å². The molecule has 0 heterocycles. The maximum atomic E-state index is 12.3. The quantitative estimate of drug-likeness (QED) is 0.834. The van der Waals surface area contributed by atoms with E-state index in [0.717, 1.165) is 19.3 Å². The van der Waals surface area contributed by atoms with Crippen LogP contribution in [0.4, 0.5) is 5.69 Å². The second-order valence-corrected chi connectivity index (χ2v) is 5.47. The second kappa shape index (κ2) is 8.15. The van der Waals surface area contributed by atoms with Crippen molar-refractivity contribution in [1.29, 1.82) is 0 Å². The maximum absolute atomic E-state index is 12.3. The summed E-state index contributed by atoms with van der Waals surface area (Å²) < 4.78 is 4.95. The Balaban J connectivity index is 0.00000242. The first kappa shape index (κ1) is 18.5. The van der Waals surface area contributed by atoms with Crippen molar-refractivity contribution in [2.75, 3.05) is 11.9 Å². The fraction of sp³-hybridized carbons (Fsp3) is 0.500. The van der Waals surface area contributed by atoms with Gasteiger partial charge in [0.2, 0.25) is 5.91 Å². The van der Waals surface area contributed by atoms with Gasteiger partial charge in [-0.1, -0.05) is 25.3 Å². The van der Waals surface area contributed by atoms with Crippen molar-refractivity contribution in [2.45, 2.75) is 44.6 Å². The van der Waals surface area contributed by atoms with Crippen molar-refractivity contribution in [2.24, 2.45) is 5.73 Å². The molecule has 22 heavy (non-hydrogen) atoms. The molecule has 1 fully saturated rings. The molecule has 2 rings (SSSR count). The van der Waals surface area contributed by atoms with E-state index in [1.165, 1.54) is 0 Å². The zero-order valence-corrected chi connectivity index (χ0v) is 13.6. The molecular formula is C16H23ClN2O3. The van der Waals surface area contributed by atoms with E-state index in [4.69, 9.17) is 10.5 Å². The van der Waals surface area contributed by atoms with Gasteiger partial charge in [-0.25, -0.2) is 4.79 Å². The summed E-state index contributed by atoms with van der Waals surface area (Å²) in [6, 6.07) is 6.73. The first-order valence-corrected chi connectivity index (χ1v) is 7.43. The molecule has 0 spiro atoms. The van der Waals surface area contributed by atoms with Crippen LogP contribution < -0.4 is 11.1 Å². The molecule has 0 saturated heterocycles. The van der Waals surface area contributed by atoms with Gasteiger partial charge >= 0.3 is 5.97 Å². The molecule has 1 amide bonds. The van der Waals surface area contributed by atoms with Crippen molar-refractivity contribution < 1.29 is 14.3 Å². The molecule has 1 aliphatic rings. The van der Waals surface area contributed by atoms with E-state index in [1.807, 2.05) is 0 Å². The van der Waals surface area contributed by atoms with Gasteiger partial charge in [-0.3, -0.25) is 4.79 Å². The van der Waals surface area contributed by atoms with Gasteiger partial charge in [0, 0.05) is 5.69 Å². The highest BCUT2D eigenvalue weighted by atomic mass is 35.5. The molecule has 6 heteroatoms. The Bertz CT molecular complexity index is 528. The summed E-state index contributed by atoms with van der Waals surface area (Å²) in [7, 11) is 0. The number of esters is 1. The van der Waals surface area contributed by atoms with E-state index < -0.39 is 11.5 Å². The van der Waals surface area contributed by atoms with Crippen molar-refractivity contribution in [1.82, 2.24) is 0 Å². The molecule has 3 N–H and O–H groups in total. The van der Waals surface area contributed by atoms with Crippen molar-refractivity contribution >= 4 is 30.0 Å². The first-order valence-electron chi connectivity index (χ1n) is 7.43. The highest BCUT2D eigenvalue weighted by Crippen LogP contribution is 2.27. The highest BCUT2D eigenvalue weighted by molar-refractivity contribution is 5.99. The van der Waals surface area contributed by atoms with Crippen LogP contribution >= 0.6 is 12.4 Å². The average molecular weight is 327 g/mol. The summed E-state index contributed by atoms with van der Waals surface area (Å²) in [6.45, 7) is 2.08. The van der Waals surface area contributed by atoms with Crippen molar-refractivity contribution in [3.8, 4) is 0 Å². The number of hydrogen-bond donors (Lipinski definition) is 2. The minimum atomic E-state index is -0.793. The second-order valence-electron chi connectivity index (χ2n) is 5.47. The van der Waals surface area contributed by atoms with Gasteiger partial charge in [0.15, 0.2) is 0 Å². The number of amides is 1. The summed E-state index contributed by atoms with van der Waals surface area (Å²) in [6.07, 6.45) is 4.50. The maximum Gasteiger partial charge on any atom is 0.338 e. The Morgan fingerprint density at radius 3 is 2.59 bits per heavy atom. The summed E-state index contributed by atoms with van der Waals surface area (Å²) in [5.74, 6) is -0.572. The molecule has 1 saturated carbocycles. The lowest BCUT2D eigenvalue weighted by Gasteiger charge is -2.31. The molecule has 1 aliphatic carbocycles. The van der Waals surface area contributed by atoms with E-state index in [-0.39, 0.29) is 18.3 Å². The number of rotatable bonds is 4. The number of halogens is 1. The predicted octanol–water partition coefficient (Wildman–Crippen LogP) is 2.89. The van der Waals surface area contributed by atoms with Crippen molar-refractivity contribution in [3.05, 3.63) is 29.8 Å². The van der Waals surface area contributed by atoms with Gasteiger partial charge in [0.1, 0.15) is 0 Å². The van der Waals surface area contributed by atoms with E-state index in [1.54, 1.807) is 31.2 Å². The third kappa shape index (κ3) is 4.45. The van der Waals surface area contributed by atoms with E-state index in [9.17, 15) is 9.59 Å². The number of ether oxygens (including phenoxy) is 1. The number of carbonyl (C=O) groups excluding carboxylic acids is 2. The van der Waals surface area contributed by atoms with Gasteiger partial charge in [0.25, 0.3) is 0 Å². The third-order valence-corrected chi connectivity index (χ3v) is 3.83. The van der Waals surface area contributed by atoms with Crippen LogP contribution in [0.5, 0.6) is 0 Å². The topological polar surface area (TPSA) is 81.4 Å². The van der Waals surface area contributed by atoms with Crippen LogP contribution in [0.15, 0.2) is 24.3 Å². The lowest BCUT2D eigenvalue weighted by atomic mass is 9.82. The van der Waals surface area contributed by atoms with Gasteiger partial charge in [-0.15, -0.1) is 12.4 Å². The van der Waals surface area contributed by atoms with Gasteiger partial charge in [0.05, 0.1) is 17.7 Å². The molecule has 1 aromatic rings. The van der Waals surface area contributed by atoms with Crippen LogP contribution in [0.25, 0.3) is 0 Å². The van der Waals surface area contributed by atoms with Crippen LogP contribution in [0, 0.1) is 0 Å². The Morgan fingerprint density at radius 1 is 1.27 bits per heavy atom. The monoisotopic (exact) mass is 326 g/mol. The number of hydrogen-bond acceptors (Lipinski definition) is 4. The fourth-order valence-electron chi connectivity index (χ4n) is 2.60. The molecule has 0 atom stereocenters. The summed E-state index contributed by atoms with van der Waals surface area (Å²) in [5.41, 5.74) is 6.39. The number of carbonyl (C=O) groups is 2. The smallest absolute Gasteiger partial charge is 0.338 e. The molecule has 0 aromatic heterocycles. The highest BCUT2D eigenvalue weighted by Gasteiger charge is 2.35. The Kier molecular flexibility index (Phi) is 6.84. The summed E-state index contributed by atoms with van der Waals surface area (Å²) in [4.78, 5) is 24.0. The lowest BCUT2D eigenvalue weighted by Crippen LogP contribution is -2.52. The molecule has 1 aromatic carbocycles. The van der Waals surface area contributed by atoms with Gasteiger partial charge in [-0.05, 0) is 38.0 Å². The number of benzene rings is 1. The SMILES string of the molecule is CCOC(=O)c1cccc(NC(=O)C2(N)CCCCC2)c1.Cl. The minimum Gasteiger partial charge on any atom is -0.462 e. The molecule has 5 nitrogen and oxygen atoms in total. The van der Waals surface area contributed by atoms with Crippen LogP contribution in [-0.4, -0.2) is 24.0 Å². The average Bonchev–Trinajstić information content (AvgIpc) is 2.48. The number of nitrogens with one attached hydrogen (secondary N) is 1. The Labute approximate surface area is 137 Å². The largest absolute Gasteiger partial charge is 0.462 e. The van der Waals surface area contributed by atoms with Crippen LogP contribution in [0.3, 0.4) is 0 Å². The number of anilines is 1. The molecule has 0 aliphatic heterocycles. The molecular weight excluding hydrogens is 304 g/mol. The van der Waals surface area contributed by atoms with E-state index in [0.29, 0.717) is 30.7 Å². The Morgan fingerprint density at radius 2 is 1.95 bits per heavy atom. The van der Waals surface area contributed by atoms with Crippen LogP contribution in [0.2, 0.25) is 0 Å². The van der Waals surface area contributed by atoms with E-state index in [2.05, 4.69) is 5.32 Å². The number of nitrogens with two attached hydrogens (primary N) is 1. The summed E-state index contributed by atoms with van der Waals surface area (Å²) in [5, 5.41) is 2.82. The third-order valence-electron chi connectivity index (χ3n) is 3.83. The zero-order chi connectivity index (χ0) is 15.3. The fourth-order valence-corrected chi connectivity index (χ4v) is 2.60. The van der Waals surface area contributed by atoms with Crippen LogP contribution in [-0.2, 0) is 9.53 Å². The minimum absolute atomic E-state index is 0. The molecule has 0 unspecified atom stereocenters. The molecule has 0 bridgehead atoms. The molecule has 122 valence electrons.